The fourth-order valence-electron chi connectivity index (χ4n) is 2.35. The molecule has 0 saturated heterocycles. The largest absolute Gasteiger partial charge is 0.351 e. The van der Waals surface area contributed by atoms with Crippen molar-refractivity contribution in [2.75, 3.05) is 13.6 Å². The molecule has 0 unspecified atom stereocenters. The molecule has 7 nitrogen and oxygen atoms in total. The van der Waals surface area contributed by atoms with Crippen LogP contribution in [0, 0.1) is 12.8 Å². The van der Waals surface area contributed by atoms with E-state index in [1.165, 1.54) is 7.05 Å². The molecular formula is C16H23N5O2. The lowest BCUT2D eigenvalue weighted by Crippen LogP contribution is -2.43. The van der Waals surface area contributed by atoms with Gasteiger partial charge in [0.05, 0.1) is 17.1 Å². The Morgan fingerprint density at radius 3 is 2.70 bits per heavy atom. The van der Waals surface area contributed by atoms with E-state index >= 15 is 0 Å². The molecule has 0 aliphatic carbocycles. The first-order valence-corrected chi connectivity index (χ1v) is 7.54. The van der Waals surface area contributed by atoms with Crippen molar-refractivity contribution in [2.24, 2.45) is 11.7 Å². The van der Waals surface area contributed by atoms with Crippen LogP contribution in [0.2, 0.25) is 0 Å². The van der Waals surface area contributed by atoms with Gasteiger partial charge in [-0.1, -0.05) is 19.9 Å². The van der Waals surface area contributed by atoms with Crippen molar-refractivity contribution in [1.29, 1.82) is 0 Å². The Balaban J connectivity index is 2.20. The summed E-state index contributed by atoms with van der Waals surface area (Å²) < 4.78 is 0. The summed E-state index contributed by atoms with van der Waals surface area (Å²) in [6.45, 7) is 5.93. The highest BCUT2D eigenvalue weighted by Crippen LogP contribution is 2.22. The van der Waals surface area contributed by atoms with Crippen LogP contribution in [0.5, 0.6) is 0 Å². The predicted molar refractivity (Wildman–Crippen MR) is 88.8 cm³/mol. The molecule has 1 heterocycles. The minimum Gasteiger partial charge on any atom is -0.351 e. The van der Waals surface area contributed by atoms with E-state index in [1.54, 1.807) is 0 Å². The van der Waals surface area contributed by atoms with E-state index in [1.807, 2.05) is 39.0 Å². The average Bonchev–Trinajstić information content (AvgIpc) is 2.86. The number of benzene rings is 1. The van der Waals surface area contributed by atoms with Crippen molar-refractivity contribution >= 4 is 23.0 Å². The lowest BCUT2D eigenvalue weighted by molar-refractivity contribution is -0.122. The lowest BCUT2D eigenvalue weighted by Gasteiger charge is -2.22. The molecule has 0 radical (unpaired) electrons. The Morgan fingerprint density at radius 2 is 2.09 bits per heavy atom. The number of carbonyl (C=O) groups excluding carboxylic acids is 2. The summed E-state index contributed by atoms with van der Waals surface area (Å²) in [5, 5.41) is 2.91. The number of aryl methyl sites for hydroxylation is 1. The number of carbonyl (C=O) groups is 2. The number of hydrogen-bond acceptors (Lipinski definition) is 3. The topological polar surface area (TPSA) is 104 Å². The number of urea groups is 1. The monoisotopic (exact) mass is 317 g/mol. The van der Waals surface area contributed by atoms with Crippen LogP contribution in [0.4, 0.5) is 4.79 Å². The van der Waals surface area contributed by atoms with E-state index in [9.17, 15) is 9.59 Å². The number of nitrogens with zero attached hydrogens (tertiary/aromatic N) is 2. The van der Waals surface area contributed by atoms with E-state index in [2.05, 4.69) is 15.3 Å². The smallest absolute Gasteiger partial charge is 0.314 e. The molecule has 3 amide bonds. The second kappa shape index (κ2) is 6.68. The third kappa shape index (κ3) is 4.00. The number of H-pyrrole nitrogens is 1. The second-order valence-electron chi connectivity index (χ2n) is 6.13. The van der Waals surface area contributed by atoms with Gasteiger partial charge in [0.15, 0.2) is 0 Å². The molecule has 0 saturated carbocycles. The molecule has 1 aromatic heterocycles. The third-order valence-corrected chi connectivity index (χ3v) is 3.69. The Labute approximate surface area is 135 Å². The van der Waals surface area contributed by atoms with Crippen molar-refractivity contribution in [3.8, 4) is 0 Å². The van der Waals surface area contributed by atoms with Gasteiger partial charge < -0.3 is 20.9 Å². The van der Waals surface area contributed by atoms with E-state index in [0.29, 0.717) is 5.82 Å². The highest BCUT2D eigenvalue weighted by atomic mass is 16.2. The Hall–Kier alpha value is -2.57. The number of rotatable bonds is 5. The molecule has 2 rings (SSSR count). The standard InChI is InChI=1S/C16H23N5O2/c1-9(2)14(20-13(22)8-21(4)16(17)23)15-18-11-6-5-10(3)7-12(11)19-15/h5-7,9,14H,8H2,1-4H3,(H2,17,23)(H,18,19)(H,20,22)/t14-/m0/s1. The number of nitrogens with one attached hydrogen (secondary N) is 2. The van der Waals surface area contributed by atoms with Gasteiger partial charge in [-0.15, -0.1) is 0 Å². The number of aromatic nitrogens is 2. The molecule has 0 spiro atoms. The van der Waals surface area contributed by atoms with Crippen LogP contribution < -0.4 is 11.1 Å². The predicted octanol–water partition coefficient (Wildman–Crippen LogP) is 1.70. The molecule has 0 fully saturated rings. The molecule has 0 aliphatic rings. The van der Waals surface area contributed by atoms with Gasteiger partial charge in [0, 0.05) is 7.05 Å². The third-order valence-electron chi connectivity index (χ3n) is 3.69. The van der Waals surface area contributed by atoms with Crippen LogP contribution in [-0.4, -0.2) is 40.4 Å². The zero-order valence-electron chi connectivity index (χ0n) is 13.9. The average molecular weight is 317 g/mol. The molecule has 2 aromatic rings. The quantitative estimate of drug-likeness (QED) is 0.781. The van der Waals surface area contributed by atoms with E-state index < -0.39 is 6.03 Å². The highest BCUT2D eigenvalue weighted by Gasteiger charge is 2.22. The summed E-state index contributed by atoms with van der Waals surface area (Å²) in [5.41, 5.74) is 8.08. The fraction of sp³-hybridized carbons (Fsp3) is 0.438. The van der Waals surface area contributed by atoms with Crippen LogP contribution in [0.25, 0.3) is 11.0 Å². The maximum atomic E-state index is 12.1. The van der Waals surface area contributed by atoms with Crippen LogP contribution in [-0.2, 0) is 4.79 Å². The summed E-state index contributed by atoms with van der Waals surface area (Å²) in [4.78, 5) is 32.1. The molecule has 124 valence electrons. The summed E-state index contributed by atoms with van der Waals surface area (Å²) in [7, 11) is 1.48. The van der Waals surface area contributed by atoms with E-state index in [4.69, 9.17) is 5.73 Å². The van der Waals surface area contributed by atoms with Crippen LogP contribution in [0.3, 0.4) is 0 Å². The van der Waals surface area contributed by atoms with Gasteiger partial charge >= 0.3 is 6.03 Å². The summed E-state index contributed by atoms with van der Waals surface area (Å²) >= 11 is 0. The van der Waals surface area contributed by atoms with Crippen LogP contribution in [0.1, 0.15) is 31.3 Å². The molecule has 1 aromatic carbocycles. The Kier molecular flexibility index (Phi) is 4.88. The van der Waals surface area contributed by atoms with Crippen LogP contribution >= 0.6 is 0 Å². The Morgan fingerprint density at radius 1 is 1.39 bits per heavy atom. The van der Waals surface area contributed by atoms with Gasteiger partial charge in [-0.05, 0) is 30.5 Å². The first kappa shape index (κ1) is 16.8. The minimum absolute atomic E-state index is 0.0854. The zero-order valence-corrected chi connectivity index (χ0v) is 13.9. The molecule has 7 heteroatoms. The van der Waals surface area contributed by atoms with Gasteiger partial charge in [0.1, 0.15) is 12.4 Å². The van der Waals surface area contributed by atoms with Crippen molar-refractivity contribution in [1.82, 2.24) is 20.2 Å². The van der Waals surface area contributed by atoms with Crippen molar-refractivity contribution < 1.29 is 9.59 Å². The number of amides is 3. The van der Waals surface area contributed by atoms with Gasteiger partial charge in [0.2, 0.25) is 5.91 Å². The number of fused-ring (bicyclic) bond motifs is 1. The van der Waals surface area contributed by atoms with E-state index in [-0.39, 0.29) is 24.4 Å². The minimum atomic E-state index is -0.638. The molecule has 23 heavy (non-hydrogen) atoms. The highest BCUT2D eigenvalue weighted by molar-refractivity contribution is 5.83. The number of primary amides is 1. The number of likely N-dealkylation sites (N-methyl/N-ethyl adjacent to an activating group) is 1. The molecule has 1 atom stereocenters. The van der Waals surface area contributed by atoms with Gasteiger partial charge in [0.25, 0.3) is 0 Å². The summed E-state index contributed by atoms with van der Waals surface area (Å²) in [5.74, 6) is 0.566. The molecular weight excluding hydrogens is 294 g/mol. The van der Waals surface area contributed by atoms with Crippen molar-refractivity contribution in [2.45, 2.75) is 26.8 Å². The number of hydrogen-bond donors (Lipinski definition) is 3. The summed E-state index contributed by atoms with van der Waals surface area (Å²) in [6.07, 6.45) is 0. The van der Waals surface area contributed by atoms with Crippen molar-refractivity contribution in [3.63, 3.8) is 0 Å². The summed E-state index contributed by atoms with van der Waals surface area (Å²) in [6, 6.07) is 5.06. The van der Waals surface area contributed by atoms with E-state index in [0.717, 1.165) is 21.5 Å². The first-order chi connectivity index (χ1) is 10.8. The zero-order chi connectivity index (χ0) is 17.1. The van der Waals surface area contributed by atoms with Gasteiger partial charge in [-0.2, -0.15) is 0 Å². The maximum absolute atomic E-state index is 12.1. The molecule has 0 aliphatic heterocycles. The van der Waals surface area contributed by atoms with Crippen LogP contribution in [0.15, 0.2) is 18.2 Å². The molecule has 4 N–H and O–H groups in total. The van der Waals surface area contributed by atoms with Crippen molar-refractivity contribution in [3.05, 3.63) is 29.6 Å². The van der Waals surface area contributed by atoms with Gasteiger partial charge in [-0.3, -0.25) is 4.79 Å². The molecule has 0 bridgehead atoms. The fourth-order valence-corrected chi connectivity index (χ4v) is 2.35. The number of nitrogens with two attached hydrogens (primary N) is 1. The van der Waals surface area contributed by atoms with Gasteiger partial charge in [-0.25, -0.2) is 9.78 Å². The first-order valence-electron chi connectivity index (χ1n) is 7.54. The second-order valence-corrected chi connectivity index (χ2v) is 6.13. The Bertz CT molecular complexity index is 722. The number of imidazole rings is 1. The lowest BCUT2D eigenvalue weighted by atomic mass is 10.0. The normalized spacial score (nSPS) is 12.4. The SMILES string of the molecule is Cc1ccc2nc([C@@H](NC(=O)CN(C)C(N)=O)C(C)C)[nH]c2c1. The number of aromatic amines is 1. The maximum Gasteiger partial charge on any atom is 0.314 e.